The van der Waals surface area contributed by atoms with Gasteiger partial charge in [0.05, 0.1) is 5.01 Å². The van der Waals surface area contributed by atoms with E-state index < -0.39 is 5.91 Å². The molecule has 1 atom stereocenters. The van der Waals surface area contributed by atoms with Crippen molar-refractivity contribution in [2.45, 2.75) is 31.7 Å². The molecule has 144 valence electrons. The maximum Gasteiger partial charge on any atom is 0.271 e. The van der Waals surface area contributed by atoms with E-state index in [0.717, 1.165) is 23.4 Å². The number of aromatic nitrogens is 1. The smallest absolute Gasteiger partial charge is 0.271 e. The fourth-order valence-electron chi connectivity index (χ4n) is 3.23. The predicted molar refractivity (Wildman–Crippen MR) is 99.9 cm³/mol. The Kier molecular flexibility index (Phi) is 6.52. The van der Waals surface area contributed by atoms with E-state index in [0.29, 0.717) is 25.3 Å². The average Bonchev–Trinajstić information content (AvgIpc) is 3.10. The summed E-state index contributed by atoms with van der Waals surface area (Å²) >= 11 is 1.35. The summed E-state index contributed by atoms with van der Waals surface area (Å²) in [7, 11) is 0. The lowest BCUT2D eigenvalue weighted by Crippen LogP contribution is -2.44. The quantitative estimate of drug-likeness (QED) is 0.757. The normalized spacial score (nSPS) is 16.0. The van der Waals surface area contributed by atoms with E-state index in [1.807, 2.05) is 6.07 Å². The standard InChI is InChI=1S/C19H22FN3O3S/c20-14-3-1-2-12(8-14)9-18-22-16(11-27-18)19(25)23-15(10-17(21)24)13-4-6-26-7-5-13/h1-3,8,11,13,15H,4-7,9-10H2,(H2,21,24)(H,23,25). The van der Waals surface area contributed by atoms with Gasteiger partial charge in [-0.2, -0.15) is 0 Å². The molecular formula is C19H22FN3O3S. The van der Waals surface area contributed by atoms with Gasteiger partial charge in [-0.05, 0) is 36.5 Å². The molecule has 0 bridgehead atoms. The topological polar surface area (TPSA) is 94.3 Å². The molecule has 6 nitrogen and oxygen atoms in total. The minimum absolute atomic E-state index is 0.0939. The van der Waals surface area contributed by atoms with E-state index in [-0.39, 0.29) is 30.1 Å². The SMILES string of the molecule is NC(=O)CC(NC(=O)c1csc(Cc2cccc(F)c2)n1)C1CCOCC1. The van der Waals surface area contributed by atoms with Crippen molar-refractivity contribution in [2.75, 3.05) is 13.2 Å². The first kappa shape index (κ1) is 19.4. The van der Waals surface area contributed by atoms with Gasteiger partial charge in [0.1, 0.15) is 11.5 Å². The molecule has 8 heteroatoms. The number of nitrogens with two attached hydrogens (primary N) is 1. The Morgan fingerprint density at radius 3 is 2.85 bits per heavy atom. The van der Waals surface area contributed by atoms with Crippen LogP contribution in [0.25, 0.3) is 0 Å². The molecule has 1 aliphatic rings. The highest BCUT2D eigenvalue weighted by atomic mass is 32.1. The van der Waals surface area contributed by atoms with E-state index >= 15 is 0 Å². The van der Waals surface area contributed by atoms with Crippen molar-refractivity contribution in [3.05, 3.63) is 51.7 Å². The zero-order valence-corrected chi connectivity index (χ0v) is 15.6. The molecule has 0 aliphatic carbocycles. The molecule has 2 heterocycles. The van der Waals surface area contributed by atoms with E-state index in [4.69, 9.17) is 10.5 Å². The number of halogens is 1. The molecule has 2 amide bonds. The van der Waals surface area contributed by atoms with Crippen LogP contribution < -0.4 is 11.1 Å². The lowest BCUT2D eigenvalue weighted by atomic mass is 9.89. The molecule has 0 radical (unpaired) electrons. The molecule has 1 fully saturated rings. The molecular weight excluding hydrogens is 369 g/mol. The van der Waals surface area contributed by atoms with Gasteiger partial charge in [0.25, 0.3) is 5.91 Å². The zero-order chi connectivity index (χ0) is 19.2. The fraction of sp³-hybridized carbons (Fsp3) is 0.421. The van der Waals surface area contributed by atoms with E-state index in [1.54, 1.807) is 11.4 Å². The largest absolute Gasteiger partial charge is 0.381 e. The summed E-state index contributed by atoms with van der Waals surface area (Å²) in [5.41, 5.74) is 6.45. The molecule has 27 heavy (non-hydrogen) atoms. The van der Waals surface area contributed by atoms with E-state index in [2.05, 4.69) is 10.3 Å². The third kappa shape index (κ3) is 5.58. The summed E-state index contributed by atoms with van der Waals surface area (Å²) in [6.07, 6.45) is 2.11. The van der Waals surface area contributed by atoms with Crippen molar-refractivity contribution in [1.82, 2.24) is 10.3 Å². The summed E-state index contributed by atoms with van der Waals surface area (Å²) in [5.74, 6) is -0.917. The van der Waals surface area contributed by atoms with Crippen LogP contribution in [0.1, 0.15) is 40.3 Å². The number of primary amides is 1. The second-order valence-corrected chi connectivity index (χ2v) is 7.58. The minimum atomic E-state index is -0.447. The summed E-state index contributed by atoms with van der Waals surface area (Å²) in [6, 6.07) is 5.98. The third-order valence-corrected chi connectivity index (χ3v) is 5.45. The number of nitrogens with one attached hydrogen (secondary N) is 1. The van der Waals surface area contributed by atoms with Crippen molar-refractivity contribution in [3.8, 4) is 0 Å². The predicted octanol–water partition coefficient (Wildman–Crippen LogP) is 2.27. The highest BCUT2D eigenvalue weighted by Gasteiger charge is 2.27. The van der Waals surface area contributed by atoms with Crippen LogP contribution in [0.5, 0.6) is 0 Å². The first-order chi connectivity index (χ1) is 13.0. The Bertz CT molecular complexity index is 805. The van der Waals surface area contributed by atoms with Gasteiger partial charge in [-0.1, -0.05) is 12.1 Å². The van der Waals surface area contributed by atoms with E-state index in [9.17, 15) is 14.0 Å². The fourth-order valence-corrected chi connectivity index (χ4v) is 4.04. The van der Waals surface area contributed by atoms with Gasteiger partial charge >= 0.3 is 0 Å². The number of hydrogen-bond donors (Lipinski definition) is 2. The Labute approximate surface area is 160 Å². The Hall–Kier alpha value is -2.32. The number of rotatable bonds is 7. The lowest BCUT2D eigenvalue weighted by molar-refractivity contribution is -0.118. The number of carbonyl (C=O) groups excluding carboxylic acids is 2. The number of ether oxygens (including phenoxy) is 1. The Morgan fingerprint density at radius 2 is 2.15 bits per heavy atom. The second-order valence-electron chi connectivity index (χ2n) is 6.63. The number of thiazole rings is 1. The Morgan fingerprint density at radius 1 is 1.37 bits per heavy atom. The monoisotopic (exact) mass is 391 g/mol. The van der Waals surface area contributed by atoms with Crippen LogP contribution in [0.15, 0.2) is 29.6 Å². The van der Waals surface area contributed by atoms with Gasteiger partial charge in [0.2, 0.25) is 5.91 Å². The highest BCUT2D eigenvalue weighted by molar-refractivity contribution is 7.09. The molecule has 3 N–H and O–H groups in total. The summed E-state index contributed by atoms with van der Waals surface area (Å²) in [4.78, 5) is 28.3. The van der Waals surface area contributed by atoms with Gasteiger partial charge in [0.15, 0.2) is 0 Å². The van der Waals surface area contributed by atoms with Crippen molar-refractivity contribution >= 4 is 23.2 Å². The summed E-state index contributed by atoms with van der Waals surface area (Å²) < 4.78 is 18.6. The van der Waals surface area contributed by atoms with Crippen molar-refractivity contribution in [3.63, 3.8) is 0 Å². The van der Waals surface area contributed by atoms with Gasteiger partial charge < -0.3 is 15.8 Å². The lowest BCUT2D eigenvalue weighted by Gasteiger charge is -2.30. The maximum absolute atomic E-state index is 13.3. The first-order valence-electron chi connectivity index (χ1n) is 8.87. The number of hydrogen-bond acceptors (Lipinski definition) is 5. The molecule has 1 saturated heterocycles. The van der Waals surface area contributed by atoms with Crippen molar-refractivity contribution in [2.24, 2.45) is 11.7 Å². The zero-order valence-electron chi connectivity index (χ0n) is 14.8. The minimum Gasteiger partial charge on any atom is -0.381 e. The molecule has 0 saturated carbocycles. The molecule has 1 aromatic heterocycles. The van der Waals surface area contributed by atoms with Crippen molar-refractivity contribution in [1.29, 1.82) is 0 Å². The van der Waals surface area contributed by atoms with Crippen LogP contribution in [-0.4, -0.2) is 36.1 Å². The first-order valence-corrected chi connectivity index (χ1v) is 9.75. The number of nitrogens with zero attached hydrogens (tertiary/aromatic N) is 1. The van der Waals surface area contributed by atoms with Crippen LogP contribution in [0.4, 0.5) is 4.39 Å². The average molecular weight is 391 g/mol. The van der Waals surface area contributed by atoms with Crippen LogP contribution in [0.2, 0.25) is 0 Å². The summed E-state index contributed by atoms with van der Waals surface area (Å²) in [6.45, 7) is 1.23. The van der Waals surface area contributed by atoms with Crippen LogP contribution in [0.3, 0.4) is 0 Å². The maximum atomic E-state index is 13.3. The van der Waals surface area contributed by atoms with Gasteiger partial charge in [-0.25, -0.2) is 9.37 Å². The number of benzene rings is 1. The van der Waals surface area contributed by atoms with Gasteiger partial charge in [0, 0.05) is 37.5 Å². The third-order valence-electron chi connectivity index (χ3n) is 4.60. The Balaban J connectivity index is 1.65. The van der Waals surface area contributed by atoms with Crippen LogP contribution >= 0.6 is 11.3 Å². The van der Waals surface area contributed by atoms with Gasteiger partial charge in [-0.15, -0.1) is 11.3 Å². The molecule has 2 aromatic rings. The molecule has 1 aliphatic heterocycles. The van der Waals surface area contributed by atoms with Gasteiger partial charge in [-0.3, -0.25) is 9.59 Å². The van der Waals surface area contributed by atoms with Crippen LogP contribution in [-0.2, 0) is 16.0 Å². The second kappa shape index (κ2) is 9.05. The van der Waals surface area contributed by atoms with Crippen molar-refractivity contribution < 1.29 is 18.7 Å². The van der Waals surface area contributed by atoms with E-state index in [1.165, 1.54) is 23.5 Å². The highest BCUT2D eigenvalue weighted by Crippen LogP contribution is 2.22. The molecule has 1 aromatic carbocycles. The summed E-state index contributed by atoms with van der Waals surface area (Å²) in [5, 5.41) is 5.31. The molecule has 0 spiro atoms. The molecule has 3 rings (SSSR count). The number of amides is 2. The van der Waals surface area contributed by atoms with Crippen LogP contribution in [0, 0.1) is 11.7 Å². The number of carbonyl (C=O) groups is 2. The molecule has 1 unspecified atom stereocenters.